The predicted octanol–water partition coefficient (Wildman–Crippen LogP) is 4.88. The Morgan fingerprint density at radius 2 is 1.73 bits per heavy atom. The van der Waals surface area contributed by atoms with E-state index in [2.05, 4.69) is 47.6 Å². The zero-order chi connectivity index (χ0) is 30.4. The molecule has 1 amide bonds. The quantitative estimate of drug-likeness (QED) is 0.403. The van der Waals surface area contributed by atoms with Gasteiger partial charge in [0, 0.05) is 74.5 Å². The number of likely N-dealkylation sites (tertiary alicyclic amines) is 1. The summed E-state index contributed by atoms with van der Waals surface area (Å²) in [6.45, 7) is 8.90. The number of nitrogens with zero attached hydrogens (tertiary/aromatic N) is 3. The standard InChI is InChI=1S/C34H39N5O4S/c1-22-6-8-27(16-23(22)2)35-33(44)36-28-18-25(32(41)37-12-10-34(11-13-37)42-14-15-43-34)7-9-30(28)38-19-24-17-26(21-38)29-4-3-5-31(40)39(29)20-24/h3-9,16,18,24,26H,10-15,17,19-21H2,1-2H3,(H2,35,36,44). The van der Waals surface area contributed by atoms with Crippen LogP contribution >= 0.6 is 12.2 Å². The summed E-state index contributed by atoms with van der Waals surface area (Å²) >= 11 is 5.79. The molecule has 3 aromatic rings. The number of thiocarbonyl (C=S) groups is 1. The van der Waals surface area contributed by atoms with Crippen LogP contribution in [0.4, 0.5) is 17.1 Å². The Bertz CT molecular complexity index is 1660. The maximum atomic E-state index is 13.7. The molecule has 4 aliphatic rings. The van der Waals surface area contributed by atoms with Crippen molar-refractivity contribution in [1.29, 1.82) is 0 Å². The van der Waals surface area contributed by atoms with E-state index in [0.29, 0.717) is 55.7 Å². The number of rotatable bonds is 4. The first-order chi connectivity index (χ1) is 21.3. The molecule has 10 heteroatoms. The van der Waals surface area contributed by atoms with E-state index < -0.39 is 5.79 Å². The lowest BCUT2D eigenvalue weighted by molar-refractivity contribution is -0.181. The molecule has 230 valence electrons. The third kappa shape index (κ3) is 5.62. The van der Waals surface area contributed by atoms with Gasteiger partial charge in [0.1, 0.15) is 0 Å². The Labute approximate surface area is 263 Å². The highest BCUT2D eigenvalue weighted by molar-refractivity contribution is 7.80. The number of nitrogens with one attached hydrogen (secondary N) is 2. The van der Waals surface area contributed by atoms with Crippen molar-refractivity contribution in [2.24, 2.45) is 5.92 Å². The van der Waals surface area contributed by atoms with Crippen molar-refractivity contribution in [3.8, 4) is 0 Å². The molecule has 0 saturated carbocycles. The molecule has 9 nitrogen and oxygen atoms in total. The number of carbonyl (C=O) groups excluding carboxylic acids is 1. The van der Waals surface area contributed by atoms with E-state index in [1.165, 1.54) is 11.1 Å². The van der Waals surface area contributed by atoms with Crippen LogP contribution in [0.15, 0.2) is 59.4 Å². The number of benzene rings is 2. The molecule has 0 aliphatic carbocycles. The zero-order valence-electron chi connectivity index (χ0n) is 25.3. The third-order valence-corrected chi connectivity index (χ3v) is 9.91. The molecule has 2 unspecified atom stereocenters. The molecule has 2 atom stereocenters. The van der Waals surface area contributed by atoms with Crippen molar-refractivity contribution >= 4 is 40.3 Å². The van der Waals surface area contributed by atoms with Crippen LogP contribution in [0.2, 0.25) is 0 Å². The summed E-state index contributed by atoms with van der Waals surface area (Å²) in [5, 5.41) is 7.22. The van der Waals surface area contributed by atoms with Crippen molar-refractivity contribution in [3.05, 3.63) is 87.3 Å². The van der Waals surface area contributed by atoms with Crippen LogP contribution in [0.25, 0.3) is 0 Å². The molecule has 1 aromatic heterocycles. The molecule has 3 fully saturated rings. The number of hydrogen-bond acceptors (Lipinski definition) is 6. The fraction of sp³-hybridized carbons (Fsp3) is 0.441. The van der Waals surface area contributed by atoms with Crippen LogP contribution < -0.4 is 21.1 Å². The lowest BCUT2D eigenvalue weighted by atomic mass is 9.83. The second kappa shape index (κ2) is 11.6. The molecular formula is C34H39N5O4S. The number of amides is 1. The fourth-order valence-corrected chi connectivity index (χ4v) is 7.49. The molecule has 1 spiro atoms. The van der Waals surface area contributed by atoms with Gasteiger partial charge in [-0.1, -0.05) is 12.1 Å². The third-order valence-electron chi connectivity index (χ3n) is 9.70. The number of hydrogen-bond donors (Lipinski definition) is 2. The maximum absolute atomic E-state index is 13.7. The van der Waals surface area contributed by atoms with E-state index in [0.717, 1.165) is 48.8 Å². The molecule has 5 heterocycles. The van der Waals surface area contributed by atoms with Crippen LogP contribution in [0, 0.1) is 19.8 Å². The highest BCUT2D eigenvalue weighted by Crippen LogP contribution is 2.40. The number of pyridine rings is 1. The van der Waals surface area contributed by atoms with E-state index in [1.54, 1.807) is 6.07 Å². The first-order valence-electron chi connectivity index (χ1n) is 15.6. The molecular weight excluding hydrogens is 574 g/mol. The number of aryl methyl sites for hydroxylation is 2. The first-order valence-corrected chi connectivity index (χ1v) is 16.0. The second-order valence-corrected chi connectivity index (χ2v) is 13.0. The maximum Gasteiger partial charge on any atom is 0.253 e. The van der Waals surface area contributed by atoms with Crippen LogP contribution in [-0.4, -0.2) is 65.7 Å². The van der Waals surface area contributed by atoms with Crippen LogP contribution in [0.3, 0.4) is 0 Å². The van der Waals surface area contributed by atoms with Crippen molar-refractivity contribution in [3.63, 3.8) is 0 Å². The van der Waals surface area contributed by atoms with Gasteiger partial charge in [0.15, 0.2) is 10.9 Å². The Balaban J connectivity index is 1.15. The average molecular weight is 614 g/mol. The summed E-state index contributed by atoms with van der Waals surface area (Å²) in [5.74, 6) is 0.0725. The molecule has 2 aromatic carbocycles. The number of piperidine rings is 2. The van der Waals surface area contributed by atoms with Gasteiger partial charge >= 0.3 is 0 Å². The fourth-order valence-electron chi connectivity index (χ4n) is 7.26. The topological polar surface area (TPSA) is 88.1 Å². The largest absolute Gasteiger partial charge is 0.369 e. The predicted molar refractivity (Wildman–Crippen MR) is 176 cm³/mol. The Morgan fingerprint density at radius 1 is 0.932 bits per heavy atom. The molecule has 0 radical (unpaired) electrons. The van der Waals surface area contributed by atoms with Gasteiger partial charge < -0.3 is 34.5 Å². The van der Waals surface area contributed by atoms with Gasteiger partial charge in [0.2, 0.25) is 0 Å². The number of carbonyl (C=O) groups is 1. The Morgan fingerprint density at radius 3 is 2.50 bits per heavy atom. The minimum absolute atomic E-state index is 0.00991. The summed E-state index contributed by atoms with van der Waals surface area (Å²) in [4.78, 5) is 30.6. The molecule has 7 rings (SSSR count). The highest BCUT2D eigenvalue weighted by Gasteiger charge is 2.41. The average Bonchev–Trinajstić information content (AvgIpc) is 3.47. The van der Waals surface area contributed by atoms with Crippen LogP contribution in [0.5, 0.6) is 0 Å². The number of anilines is 3. The normalized spacial score (nSPS) is 22.0. The molecule has 4 aliphatic heterocycles. The van der Waals surface area contributed by atoms with Crippen molar-refractivity contribution in [2.75, 3.05) is 54.9 Å². The summed E-state index contributed by atoms with van der Waals surface area (Å²) in [6, 6.07) is 17.7. The molecule has 3 saturated heterocycles. The number of ether oxygens (including phenoxy) is 2. The summed E-state index contributed by atoms with van der Waals surface area (Å²) in [6.07, 6.45) is 2.41. The summed E-state index contributed by atoms with van der Waals surface area (Å²) in [5.41, 5.74) is 6.89. The Kier molecular flexibility index (Phi) is 7.68. The lowest BCUT2D eigenvalue weighted by Gasteiger charge is -2.44. The SMILES string of the molecule is Cc1ccc(NC(=S)Nc2cc(C(=O)N3CCC4(CC3)OCCO4)ccc2N2CC3CC(C2)c2cccc(=O)n2C3)cc1C. The van der Waals surface area contributed by atoms with Gasteiger partial charge in [-0.2, -0.15) is 0 Å². The van der Waals surface area contributed by atoms with E-state index in [9.17, 15) is 9.59 Å². The van der Waals surface area contributed by atoms with Crippen molar-refractivity contribution in [2.45, 2.75) is 51.4 Å². The smallest absolute Gasteiger partial charge is 0.253 e. The van der Waals surface area contributed by atoms with Gasteiger partial charge in [-0.15, -0.1) is 0 Å². The number of fused-ring (bicyclic) bond motifs is 4. The highest BCUT2D eigenvalue weighted by atomic mass is 32.1. The van der Waals surface area contributed by atoms with Crippen LogP contribution in [-0.2, 0) is 16.0 Å². The summed E-state index contributed by atoms with van der Waals surface area (Å²) in [7, 11) is 0. The van der Waals surface area contributed by atoms with Crippen LogP contribution in [0.1, 0.15) is 52.4 Å². The molecule has 2 N–H and O–H groups in total. The minimum Gasteiger partial charge on any atom is -0.369 e. The summed E-state index contributed by atoms with van der Waals surface area (Å²) < 4.78 is 13.7. The van der Waals surface area contributed by atoms with Crippen molar-refractivity contribution < 1.29 is 14.3 Å². The minimum atomic E-state index is -0.532. The Hall–Kier alpha value is -3.73. The van der Waals surface area contributed by atoms with Gasteiger partial charge in [0.25, 0.3) is 11.5 Å². The van der Waals surface area contributed by atoms with E-state index in [4.69, 9.17) is 21.7 Å². The van der Waals surface area contributed by atoms with Crippen molar-refractivity contribution in [1.82, 2.24) is 9.47 Å². The number of aromatic nitrogens is 1. The van der Waals surface area contributed by atoms with Gasteiger partial charge in [-0.05, 0) is 85.9 Å². The molecule has 2 bridgehead atoms. The van der Waals surface area contributed by atoms with E-state index in [1.807, 2.05) is 39.8 Å². The van der Waals surface area contributed by atoms with E-state index >= 15 is 0 Å². The van der Waals surface area contributed by atoms with Gasteiger partial charge in [0.05, 0.1) is 24.6 Å². The van der Waals surface area contributed by atoms with Gasteiger partial charge in [-0.3, -0.25) is 9.59 Å². The lowest BCUT2D eigenvalue weighted by Crippen LogP contribution is -2.47. The zero-order valence-corrected chi connectivity index (χ0v) is 26.1. The monoisotopic (exact) mass is 613 g/mol. The molecule has 44 heavy (non-hydrogen) atoms. The second-order valence-electron chi connectivity index (χ2n) is 12.6. The first kappa shape index (κ1) is 29.0. The van der Waals surface area contributed by atoms with Gasteiger partial charge in [-0.25, -0.2) is 0 Å². The van der Waals surface area contributed by atoms with E-state index in [-0.39, 0.29) is 17.4 Å².